The van der Waals surface area contributed by atoms with Crippen molar-refractivity contribution in [3.8, 4) is 159 Å². The zero-order valence-corrected chi connectivity index (χ0v) is 61.1. The zero-order chi connectivity index (χ0) is 78.0. The van der Waals surface area contributed by atoms with E-state index >= 15 is 22.0 Å². The smallest absolute Gasteiger partial charge is 0.307 e. The predicted octanol–water partition coefficient (Wildman–Crippen LogP) is 23.6. The lowest BCUT2D eigenvalue weighted by atomic mass is 9.96. The van der Waals surface area contributed by atoms with Crippen LogP contribution in [-0.4, -0.2) is 68.9 Å². The van der Waals surface area contributed by atoms with E-state index in [1.54, 1.807) is 4.57 Å². The van der Waals surface area contributed by atoms with Crippen molar-refractivity contribution in [1.82, 2.24) is 68.9 Å². The molecule has 6 heterocycles. The molecule has 6 aromatic heterocycles. The maximum Gasteiger partial charge on any atom is 0.417 e. The normalized spacial score (nSPS) is 11.7. The summed E-state index contributed by atoms with van der Waals surface area (Å²) in [6.07, 6.45) is -5.23. The maximum atomic E-state index is 17.0. The highest BCUT2D eigenvalue weighted by atomic mass is 19.4. The Morgan fingerprint density at radius 2 is 0.397 bits per heavy atom. The lowest BCUT2D eigenvalue weighted by Gasteiger charge is -2.22. The number of aromatic nitrogens is 14. The van der Waals surface area contributed by atoms with Gasteiger partial charge in [-0.2, -0.15) is 13.2 Å². The largest absolute Gasteiger partial charge is 0.417 e. The summed E-state index contributed by atoms with van der Waals surface area (Å²) in [5, 5.41) is 2.25. The number of hydrogen-bond acceptors (Lipinski definition) is 12. The van der Waals surface area contributed by atoms with Gasteiger partial charge in [0.15, 0.2) is 69.9 Å². The molecule has 20 rings (SSSR count). The van der Waals surface area contributed by atoms with E-state index in [4.69, 9.17) is 59.8 Å². The van der Waals surface area contributed by atoms with Crippen molar-refractivity contribution in [3.05, 3.63) is 363 Å². The van der Waals surface area contributed by atoms with Crippen LogP contribution in [0.25, 0.3) is 203 Å². The van der Waals surface area contributed by atoms with Crippen molar-refractivity contribution in [2.45, 2.75) is 6.18 Å². The summed E-state index contributed by atoms with van der Waals surface area (Å²) in [4.78, 5) is 61.2. The number of nitrogens with zero attached hydrogens (tertiary/aromatic N) is 14. The lowest BCUT2D eigenvalue weighted by molar-refractivity contribution is -0.137. The van der Waals surface area contributed by atoms with Gasteiger partial charge in [-0.25, -0.2) is 68.6 Å². The molecular weight excluding hydrogens is 1460 g/mol. The molecular formula is C97H57F5N14. The summed E-state index contributed by atoms with van der Waals surface area (Å²) >= 11 is 0. The van der Waals surface area contributed by atoms with Crippen LogP contribution in [0.15, 0.2) is 346 Å². The van der Waals surface area contributed by atoms with Crippen LogP contribution >= 0.6 is 0 Å². The number of fused-ring (bicyclic) bond motifs is 6. The van der Waals surface area contributed by atoms with E-state index in [9.17, 15) is 0 Å². The van der Waals surface area contributed by atoms with E-state index in [0.29, 0.717) is 136 Å². The molecule has 0 aliphatic heterocycles. The fraction of sp³-hybridized carbons (Fsp3) is 0.0103. The molecule has 0 unspecified atom stereocenters. The van der Waals surface area contributed by atoms with Gasteiger partial charge in [-0.1, -0.05) is 249 Å². The molecule has 14 nitrogen and oxygen atoms in total. The lowest BCUT2D eigenvalue weighted by Crippen LogP contribution is -2.13. The molecule has 0 atom stereocenters. The number of rotatable bonds is 15. The Balaban J connectivity index is 0.890. The van der Waals surface area contributed by atoms with Gasteiger partial charge in [0.1, 0.15) is 11.6 Å². The quantitative estimate of drug-likeness (QED) is 0.0894. The molecule has 0 amide bonds. The summed E-state index contributed by atoms with van der Waals surface area (Å²) in [5.41, 5.74) is 7.02. The summed E-state index contributed by atoms with van der Waals surface area (Å²) in [6.45, 7) is 0. The Kier molecular flexibility index (Phi) is 17.3. The van der Waals surface area contributed by atoms with Gasteiger partial charge in [-0.05, 0) is 97.1 Å². The highest BCUT2D eigenvalue weighted by Gasteiger charge is 2.38. The Labute approximate surface area is 659 Å². The average molecular weight is 1510 g/mol. The van der Waals surface area contributed by atoms with Crippen LogP contribution in [0, 0.1) is 11.6 Å². The minimum absolute atomic E-state index is 0.0315. The molecule has 0 aliphatic rings. The maximum absolute atomic E-state index is 17.0. The van der Waals surface area contributed by atoms with Crippen LogP contribution in [0.3, 0.4) is 0 Å². The van der Waals surface area contributed by atoms with Crippen molar-refractivity contribution in [2.75, 3.05) is 0 Å². The van der Waals surface area contributed by atoms with Crippen molar-refractivity contribution >= 4 is 43.6 Å². The Morgan fingerprint density at radius 3 is 0.603 bits per heavy atom. The number of hydrogen-bond donors (Lipinski definition) is 0. The number of halogens is 5. The third kappa shape index (κ3) is 12.9. The topological polar surface area (TPSA) is 165 Å². The van der Waals surface area contributed by atoms with Gasteiger partial charge < -0.3 is 9.13 Å². The summed E-state index contributed by atoms with van der Waals surface area (Å²) in [6, 6.07) is 104. The number of alkyl halides is 3. The van der Waals surface area contributed by atoms with Crippen LogP contribution in [-0.2, 0) is 6.18 Å². The van der Waals surface area contributed by atoms with Gasteiger partial charge in [-0.15, -0.1) is 0 Å². The van der Waals surface area contributed by atoms with Crippen molar-refractivity contribution in [1.29, 1.82) is 0 Å². The first-order chi connectivity index (χ1) is 56.9. The fourth-order valence-electron chi connectivity index (χ4n) is 15.0. The van der Waals surface area contributed by atoms with E-state index in [1.807, 2.05) is 320 Å². The van der Waals surface area contributed by atoms with Crippen LogP contribution < -0.4 is 0 Å². The first-order valence-corrected chi connectivity index (χ1v) is 37.3. The molecule has 0 saturated heterocycles. The van der Waals surface area contributed by atoms with Gasteiger partial charge in [0.25, 0.3) is 0 Å². The molecule has 0 spiro atoms. The monoisotopic (exact) mass is 1510 g/mol. The van der Waals surface area contributed by atoms with Crippen LogP contribution in [0.1, 0.15) is 5.56 Å². The first-order valence-electron chi connectivity index (χ1n) is 37.3. The summed E-state index contributed by atoms with van der Waals surface area (Å²) < 4.78 is 88.5. The molecule has 19 heteroatoms. The average Bonchev–Trinajstić information content (AvgIpc) is 1.54. The summed E-state index contributed by atoms with van der Waals surface area (Å²) in [7, 11) is 0. The Morgan fingerprint density at radius 1 is 0.198 bits per heavy atom. The van der Waals surface area contributed by atoms with E-state index in [-0.39, 0.29) is 11.4 Å². The Hall–Kier alpha value is -15.6. The standard InChI is InChI=1S/C97H57F5N14/c98-76-42-25-43-77(99)84(76)74-56-82(115-78-48-44-66(93-107-85(58-26-9-1-10-27-58)103-86(108-93)59-28-11-2-12-29-59)52-70(78)71-53-67(45-49-79(71)115)94-109-87(60-30-13-3-14-31-60)104-88(110-94)61-32-15-4-16-33-61)83(57-75(74)97(100,101)102)116-80-50-46-68(95-111-89(62-34-17-5-18-35-62)105-90(112-95)63-36-19-6-20-37-63)54-72(80)73-55-69(47-51-81(73)116)96-113-91(64-38-21-7-22-39-64)106-92(114-96)65-40-23-8-24-41-65/h1-57H. The van der Waals surface area contributed by atoms with Crippen molar-refractivity contribution in [2.24, 2.45) is 0 Å². The molecule has 0 bridgehead atoms. The predicted molar refractivity (Wildman–Crippen MR) is 444 cm³/mol. The third-order valence-corrected chi connectivity index (χ3v) is 20.5. The second-order valence-electron chi connectivity index (χ2n) is 27.7. The summed E-state index contributed by atoms with van der Waals surface area (Å²) in [5.74, 6) is 2.11. The molecule has 0 saturated carbocycles. The molecule has 14 aromatic carbocycles. The molecule has 20 aromatic rings. The molecule has 0 aliphatic carbocycles. The fourth-order valence-corrected chi connectivity index (χ4v) is 15.0. The number of benzene rings is 14. The van der Waals surface area contributed by atoms with E-state index in [0.717, 1.165) is 68.8 Å². The molecule has 0 N–H and O–H groups in total. The van der Waals surface area contributed by atoms with Gasteiger partial charge in [0, 0.05) is 93.9 Å². The van der Waals surface area contributed by atoms with E-state index in [2.05, 4.69) is 0 Å². The molecule has 0 fully saturated rings. The third-order valence-electron chi connectivity index (χ3n) is 20.5. The second-order valence-corrected chi connectivity index (χ2v) is 27.7. The van der Waals surface area contributed by atoms with Gasteiger partial charge in [-0.3, -0.25) is 0 Å². The minimum atomic E-state index is -5.23. The van der Waals surface area contributed by atoms with Gasteiger partial charge in [0.05, 0.1) is 44.6 Å². The SMILES string of the molecule is Fc1cccc(F)c1-c1cc(-n2c3ccc(-c4nc(-c5ccccc5)nc(-c5ccccc5)n4)cc3c3cc(-c4nc(-c5ccccc5)nc(-c5ccccc5)n4)ccc32)c(-n2c3ccc(-c4nc(-c5ccccc5)nc(-c5ccccc5)n4)cc3c3cc(-c4nc(-c5ccccc5)nc(-c5ccccc5)n4)ccc32)cc1C(F)(F)F. The Bertz CT molecular complexity index is 6570. The first kappa shape index (κ1) is 69.6. The van der Waals surface area contributed by atoms with Crippen LogP contribution in [0.5, 0.6) is 0 Å². The van der Waals surface area contributed by atoms with Crippen molar-refractivity contribution < 1.29 is 22.0 Å². The second kappa shape index (κ2) is 28.9. The van der Waals surface area contributed by atoms with Crippen molar-refractivity contribution in [3.63, 3.8) is 0 Å². The van der Waals surface area contributed by atoms with Gasteiger partial charge >= 0.3 is 6.18 Å². The van der Waals surface area contributed by atoms with Gasteiger partial charge in [0.2, 0.25) is 0 Å². The highest BCUT2D eigenvalue weighted by molar-refractivity contribution is 6.14. The highest BCUT2D eigenvalue weighted by Crippen LogP contribution is 2.48. The molecule has 116 heavy (non-hydrogen) atoms. The molecule has 550 valence electrons. The molecule has 0 radical (unpaired) electrons. The minimum Gasteiger partial charge on any atom is -0.307 e. The van der Waals surface area contributed by atoms with E-state index < -0.39 is 34.5 Å². The zero-order valence-electron chi connectivity index (χ0n) is 61.1. The van der Waals surface area contributed by atoms with Crippen LogP contribution in [0.4, 0.5) is 22.0 Å². The van der Waals surface area contributed by atoms with Crippen LogP contribution in [0.2, 0.25) is 0 Å². The van der Waals surface area contributed by atoms with E-state index in [1.165, 1.54) is 6.07 Å².